The molecule has 1 fully saturated rings. The first kappa shape index (κ1) is 18.0. The van der Waals surface area contributed by atoms with Gasteiger partial charge in [0, 0.05) is 10.6 Å². The normalized spacial score (nSPS) is 18.2. The Labute approximate surface area is 152 Å². The Morgan fingerprint density at radius 2 is 1.84 bits per heavy atom. The molecule has 2 aromatic rings. The zero-order valence-electron chi connectivity index (χ0n) is 15.0. The molecule has 0 spiro atoms. The van der Waals surface area contributed by atoms with Gasteiger partial charge in [-0.05, 0) is 56.7 Å². The standard InChI is InChI=1S/C18H23BN2O3S/c1-17(2)18(3,4)24-19(23-17)13-7-5-8-14(11-13)21-16(22)20-12-15-9-6-10-25-15/h5-11H,12H2,1-4H3,(H2,20,21,22). The number of benzene rings is 1. The summed E-state index contributed by atoms with van der Waals surface area (Å²) in [6, 6.07) is 11.3. The van der Waals surface area contributed by atoms with E-state index < -0.39 is 7.12 Å². The molecule has 5 nitrogen and oxygen atoms in total. The second-order valence-electron chi connectivity index (χ2n) is 7.10. The monoisotopic (exact) mass is 358 g/mol. The number of amides is 2. The lowest BCUT2D eigenvalue weighted by Gasteiger charge is -2.32. The van der Waals surface area contributed by atoms with Crippen LogP contribution in [0, 0.1) is 0 Å². The number of urea groups is 1. The van der Waals surface area contributed by atoms with Gasteiger partial charge in [0.05, 0.1) is 17.7 Å². The van der Waals surface area contributed by atoms with E-state index in [9.17, 15) is 4.79 Å². The molecule has 0 aliphatic carbocycles. The average molecular weight is 358 g/mol. The van der Waals surface area contributed by atoms with Gasteiger partial charge in [0.15, 0.2) is 0 Å². The Morgan fingerprint density at radius 3 is 2.48 bits per heavy atom. The van der Waals surface area contributed by atoms with Crippen molar-refractivity contribution in [2.75, 3.05) is 5.32 Å². The van der Waals surface area contributed by atoms with Gasteiger partial charge in [0.1, 0.15) is 0 Å². The summed E-state index contributed by atoms with van der Waals surface area (Å²) in [5.41, 5.74) is 0.809. The third-order valence-electron chi connectivity index (χ3n) is 4.67. The van der Waals surface area contributed by atoms with Gasteiger partial charge in [0.2, 0.25) is 0 Å². The number of hydrogen-bond acceptors (Lipinski definition) is 4. The summed E-state index contributed by atoms with van der Waals surface area (Å²) in [4.78, 5) is 13.2. The highest BCUT2D eigenvalue weighted by Crippen LogP contribution is 2.36. The first-order valence-corrected chi connectivity index (χ1v) is 9.18. The third kappa shape index (κ3) is 4.06. The summed E-state index contributed by atoms with van der Waals surface area (Å²) in [6.07, 6.45) is 0. The summed E-state index contributed by atoms with van der Waals surface area (Å²) < 4.78 is 12.1. The largest absolute Gasteiger partial charge is 0.494 e. The molecule has 1 aromatic heterocycles. The Kier molecular flexibility index (Phi) is 4.91. The summed E-state index contributed by atoms with van der Waals surface area (Å²) >= 11 is 1.61. The van der Waals surface area contributed by atoms with Crippen molar-refractivity contribution < 1.29 is 14.1 Å². The molecule has 3 rings (SSSR count). The fraction of sp³-hybridized carbons (Fsp3) is 0.389. The highest BCUT2D eigenvalue weighted by molar-refractivity contribution is 7.09. The number of rotatable bonds is 4. The summed E-state index contributed by atoms with van der Waals surface area (Å²) in [5, 5.41) is 7.69. The van der Waals surface area contributed by atoms with Crippen molar-refractivity contribution in [3.8, 4) is 0 Å². The maximum absolute atomic E-state index is 12.1. The van der Waals surface area contributed by atoms with Crippen molar-refractivity contribution in [2.24, 2.45) is 0 Å². The smallest absolute Gasteiger partial charge is 0.399 e. The van der Waals surface area contributed by atoms with Crippen LogP contribution in [0.25, 0.3) is 0 Å². The first-order valence-electron chi connectivity index (χ1n) is 8.30. The van der Waals surface area contributed by atoms with E-state index in [-0.39, 0.29) is 17.2 Å². The molecule has 25 heavy (non-hydrogen) atoms. The predicted octanol–water partition coefficient (Wildman–Crippen LogP) is 3.37. The van der Waals surface area contributed by atoms with Crippen molar-refractivity contribution in [2.45, 2.75) is 45.4 Å². The molecule has 1 aliphatic rings. The molecular weight excluding hydrogens is 335 g/mol. The highest BCUT2D eigenvalue weighted by atomic mass is 32.1. The number of thiophene rings is 1. The SMILES string of the molecule is CC1(C)OB(c2cccc(NC(=O)NCc3cccs3)c2)OC1(C)C. The van der Waals surface area contributed by atoms with Crippen molar-refractivity contribution in [3.63, 3.8) is 0 Å². The number of carbonyl (C=O) groups excluding carboxylic acids is 1. The lowest BCUT2D eigenvalue weighted by Crippen LogP contribution is -2.41. The zero-order chi connectivity index (χ0) is 18.1. The van der Waals surface area contributed by atoms with Crippen LogP contribution in [-0.4, -0.2) is 24.4 Å². The molecular formula is C18H23BN2O3S. The molecule has 7 heteroatoms. The van der Waals surface area contributed by atoms with Crippen LogP contribution in [0.1, 0.15) is 32.6 Å². The van der Waals surface area contributed by atoms with Gasteiger partial charge in [-0.25, -0.2) is 4.79 Å². The van der Waals surface area contributed by atoms with Crippen molar-refractivity contribution >= 4 is 35.6 Å². The minimum absolute atomic E-state index is 0.237. The van der Waals surface area contributed by atoms with Crippen LogP contribution in [0.3, 0.4) is 0 Å². The lowest BCUT2D eigenvalue weighted by atomic mass is 9.79. The van der Waals surface area contributed by atoms with Crippen LogP contribution in [0.4, 0.5) is 10.5 Å². The van der Waals surface area contributed by atoms with Crippen LogP contribution < -0.4 is 16.1 Å². The molecule has 132 valence electrons. The van der Waals surface area contributed by atoms with E-state index in [0.29, 0.717) is 12.2 Å². The molecule has 0 bridgehead atoms. The topological polar surface area (TPSA) is 59.6 Å². The van der Waals surface area contributed by atoms with Crippen LogP contribution >= 0.6 is 11.3 Å². The second-order valence-corrected chi connectivity index (χ2v) is 8.13. The molecule has 1 aliphatic heterocycles. The Balaban J connectivity index is 1.63. The molecule has 2 heterocycles. The summed E-state index contributed by atoms with van der Waals surface area (Å²) in [7, 11) is -0.444. The number of carbonyl (C=O) groups is 1. The van der Waals surface area contributed by atoms with E-state index in [2.05, 4.69) is 10.6 Å². The molecule has 2 amide bonds. The Bertz CT molecular complexity index is 731. The molecule has 0 saturated carbocycles. The van der Waals surface area contributed by atoms with Crippen molar-refractivity contribution in [1.29, 1.82) is 0 Å². The molecule has 0 radical (unpaired) electrons. The van der Waals surface area contributed by atoms with Crippen LogP contribution in [-0.2, 0) is 15.9 Å². The van der Waals surface area contributed by atoms with Gasteiger partial charge in [0.25, 0.3) is 0 Å². The first-order chi connectivity index (χ1) is 11.8. The van der Waals surface area contributed by atoms with Crippen LogP contribution in [0.15, 0.2) is 41.8 Å². The minimum atomic E-state index is -0.444. The maximum Gasteiger partial charge on any atom is 0.494 e. The molecule has 0 atom stereocenters. The summed E-state index contributed by atoms with van der Waals surface area (Å²) in [6.45, 7) is 8.60. The van der Waals surface area contributed by atoms with Crippen molar-refractivity contribution in [3.05, 3.63) is 46.7 Å². The fourth-order valence-corrected chi connectivity index (χ4v) is 3.14. The van der Waals surface area contributed by atoms with Gasteiger partial charge in [-0.2, -0.15) is 0 Å². The number of anilines is 1. The summed E-state index contributed by atoms with van der Waals surface area (Å²) in [5.74, 6) is 0. The van der Waals surface area contributed by atoms with E-state index in [0.717, 1.165) is 10.3 Å². The minimum Gasteiger partial charge on any atom is -0.399 e. The predicted molar refractivity (Wildman–Crippen MR) is 102 cm³/mol. The highest BCUT2D eigenvalue weighted by Gasteiger charge is 2.51. The second kappa shape index (κ2) is 6.82. The quantitative estimate of drug-likeness (QED) is 0.824. The van der Waals surface area contributed by atoms with Crippen LogP contribution in [0.5, 0.6) is 0 Å². The average Bonchev–Trinajstić information content (AvgIpc) is 3.12. The third-order valence-corrected chi connectivity index (χ3v) is 5.55. The van der Waals surface area contributed by atoms with Crippen LogP contribution in [0.2, 0.25) is 0 Å². The van der Waals surface area contributed by atoms with E-state index in [4.69, 9.17) is 9.31 Å². The Morgan fingerprint density at radius 1 is 1.12 bits per heavy atom. The number of nitrogens with one attached hydrogen (secondary N) is 2. The maximum atomic E-state index is 12.1. The van der Waals surface area contributed by atoms with Gasteiger partial charge < -0.3 is 19.9 Å². The Hall–Kier alpha value is -1.83. The molecule has 0 unspecified atom stereocenters. The zero-order valence-corrected chi connectivity index (χ0v) is 15.8. The molecule has 2 N–H and O–H groups in total. The molecule has 1 aromatic carbocycles. The number of hydrogen-bond donors (Lipinski definition) is 2. The van der Waals surface area contributed by atoms with E-state index in [1.165, 1.54) is 0 Å². The van der Waals surface area contributed by atoms with E-state index in [1.54, 1.807) is 11.3 Å². The lowest BCUT2D eigenvalue weighted by molar-refractivity contribution is 0.00578. The van der Waals surface area contributed by atoms with Crippen molar-refractivity contribution in [1.82, 2.24) is 5.32 Å². The van der Waals surface area contributed by atoms with Gasteiger partial charge >= 0.3 is 13.1 Å². The molecule has 1 saturated heterocycles. The van der Waals surface area contributed by atoms with Gasteiger partial charge in [-0.3, -0.25) is 0 Å². The van der Waals surface area contributed by atoms with Gasteiger partial charge in [-0.15, -0.1) is 11.3 Å². The van der Waals surface area contributed by atoms with E-state index in [1.807, 2.05) is 69.5 Å². The van der Waals surface area contributed by atoms with Gasteiger partial charge in [-0.1, -0.05) is 18.2 Å². The van der Waals surface area contributed by atoms with E-state index >= 15 is 0 Å². The fourth-order valence-electron chi connectivity index (χ4n) is 2.50.